The van der Waals surface area contributed by atoms with Gasteiger partial charge in [0.25, 0.3) is 5.91 Å². The lowest BCUT2D eigenvalue weighted by molar-refractivity contribution is -0.274. The van der Waals surface area contributed by atoms with Gasteiger partial charge in [0.1, 0.15) is 35.3 Å². The molecular weight excluding hydrogens is 738 g/mol. The third-order valence-electron chi connectivity index (χ3n) is 10.6. The van der Waals surface area contributed by atoms with E-state index in [1.165, 1.54) is 43.0 Å². The summed E-state index contributed by atoms with van der Waals surface area (Å²) in [5.74, 6) is -3.88. The summed E-state index contributed by atoms with van der Waals surface area (Å²) in [6, 6.07) is 6.64. The minimum absolute atomic E-state index is 0.0587. The maximum absolute atomic E-state index is 14.4. The van der Waals surface area contributed by atoms with E-state index < -0.39 is 86.2 Å². The molecule has 5 atom stereocenters. The van der Waals surface area contributed by atoms with Crippen LogP contribution in [0, 0.1) is 11.7 Å². The number of amides is 4. The predicted octanol–water partition coefficient (Wildman–Crippen LogP) is 4.49. The van der Waals surface area contributed by atoms with Gasteiger partial charge < -0.3 is 25.0 Å². The summed E-state index contributed by atoms with van der Waals surface area (Å²) in [6.07, 6.45) is -5.74. The maximum atomic E-state index is 14.4. The van der Waals surface area contributed by atoms with Crippen molar-refractivity contribution in [2.24, 2.45) is 5.92 Å². The number of nitrogens with zero attached hydrogens (tertiary/aromatic N) is 2. The number of likely N-dealkylation sites (tertiary alicyclic amines) is 1. The normalized spacial score (nSPS) is 24.5. The van der Waals surface area contributed by atoms with Crippen LogP contribution >= 0.6 is 0 Å². The molecule has 2 aliphatic carbocycles. The molecule has 3 N–H and O–H groups in total. The number of fused-ring (bicyclic) bond motifs is 1. The molecule has 3 fully saturated rings. The lowest BCUT2D eigenvalue weighted by Gasteiger charge is -2.30. The van der Waals surface area contributed by atoms with Gasteiger partial charge in [-0.05, 0) is 68.4 Å². The number of carbonyl (C=O) groups excluding carboxylic acids is 4. The van der Waals surface area contributed by atoms with E-state index in [0.29, 0.717) is 30.4 Å². The summed E-state index contributed by atoms with van der Waals surface area (Å²) in [5, 5.41) is 5.56. The van der Waals surface area contributed by atoms with Crippen LogP contribution in [-0.4, -0.2) is 83.4 Å². The van der Waals surface area contributed by atoms with E-state index in [4.69, 9.17) is 4.74 Å². The Hall–Kier alpha value is -4.87. The molecule has 1 saturated heterocycles. The second-order valence-corrected chi connectivity index (χ2v) is 16.8. The number of ether oxygens (including phenoxy) is 2. The Morgan fingerprint density at radius 2 is 1.80 bits per heavy atom. The van der Waals surface area contributed by atoms with Crippen LogP contribution in [0.3, 0.4) is 0 Å². The van der Waals surface area contributed by atoms with E-state index >= 15 is 0 Å². The zero-order valence-electron chi connectivity index (χ0n) is 29.8. The molecule has 6 rings (SSSR count). The first-order chi connectivity index (χ1) is 25.3. The molecule has 13 nitrogen and oxygen atoms in total. The van der Waals surface area contributed by atoms with Gasteiger partial charge in [-0.25, -0.2) is 17.6 Å². The van der Waals surface area contributed by atoms with E-state index in [0.717, 1.165) is 17.0 Å². The predicted molar refractivity (Wildman–Crippen MR) is 185 cm³/mol. The molecule has 0 bridgehead atoms. The van der Waals surface area contributed by atoms with E-state index in [-0.39, 0.29) is 43.7 Å². The third kappa shape index (κ3) is 7.84. The molecule has 0 spiro atoms. The van der Waals surface area contributed by atoms with E-state index in [1.54, 1.807) is 13.0 Å². The maximum Gasteiger partial charge on any atom is 0.573 e. The molecule has 0 unspecified atom stereocenters. The van der Waals surface area contributed by atoms with Gasteiger partial charge in [-0.3, -0.25) is 24.0 Å². The molecule has 4 aliphatic rings. The average Bonchev–Trinajstić information content (AvgIpc) is 3.89. The zero-order valence-corrected chi connectivity index (χ0v) is 30.6. The summed E-state index contributed by atoms with van der Waals surface area (Å²) in [6.45, 7) is 8.37. The Kier molecular flexibility index (Phi) is 10.1. The fraction of sp³-hybridized carbons (Fsp3) is 0.500. The summed E-state index contributed by atoms with van der Waals surface area (Å²) in [4.78, 5) is 57.7. The van der Waals surface area contributed by atoms with Crippen molar-refractivity contribution in [3.63, 3.8) is 0 Å². The van der Waals surface area contributed by atoms with Crippen LogP contribution in [0.2, 0.25) is 0 Å². The van der Waals surface area contributed by atoms with Crippen molar-refractivity contribution in [2.45, 2.75) is 101 Å². The first kappa shape index (κ1) is 38.8. The van der Waals surface area contributed by atoms with Crippen LogP contribution in [0.5, 0.6) is 5.75 Å². The molecule has 292 valence electrons. The summed E-state index contributed by atoms with van der Waals surface area (Å²) < 4.78 is 89.9. The first-order valence-corrected chi connectivity index (χ1v) is 18.9. The van der Waals surface area contributed by atoms with E-state index in [9.17, 15) is 45.2 Å². The molecular formula is C36H41F4N5O8S. The second-order valence-electron chi connectivity index (χ2n) is 14.6. The smallest absolute Gasteiger partial charge is 0.444 e. The van der Waals surface area contributed by atoms with Crippen molar-refractivity contribution in [2.75, 3.05) is 11.9 Å². The van der Waals surface area contributed by atoms with Crippen LogP contribution < -0.4 is 20.1 Å². The topological polar surface area (TPSA) is 163 Å². The number of rotatable bonds is 12. The molecule has 4 amide bonds. The second kappa shape index (κ2) is 14.1. The van der Waals surface area contributed by atoms with Crippen LogP contribution in [0.4, 0.5) is 28.0 Å². The molecule has 54 heavy (non-hydrogen) atoms. The highest BCUT2D eigenvalue weighted by Gasteiger charge is 2.63. The number of nitrogens with one attached hydrogen (secondary N) is 3. The first-order valence-electron chi connectivity index (χ1n) is 17.4. The number of carbonyl (C=O) groups is 4. The fourth-order valence-corrected chi connectivity index (χ4v) is 8.32. The van der Waals surface area contributed by atoms with E-state index in [1.807, 2.05) is 0 Å². The number of hydrogen-bond acceptors (Lipinski definition) is 9. The highest BCUT2D eigenvalue weighted by Crippen LogP contribution is 2.48. The van der Waals surface area contributed by atoms with Crippen LogP contribution in [0.15, 0.2) is 54.6 Å². The van der Waals surface area contributed by atoms with E-state index in [2.05, 4.69) is 26.7 Å². The highest BCUT2D eigenvalue weighted by atomic mass is 32.2. The van der Waals surface area contributed by atoms with Crippen molar-refractivity contribution in [1.82, 2.24) is 19.8 Å². The highest BCUT2D eigenvalue weighted by molar-refractivity contribution is 7.91. The van der Waals surface area contributed by atoms with Gasteiger partial charge in [0.2, 0.25) is 21.8 Å². The molecule has 0 aromatic heterocycles. The van der Waals surface area contributed by atoms with Crippen molar-refractivity contribution < 1.29 is 54.6 Å². The molecule has 2 heterocycles. The summed E-state index contributed by atoms with van der Waals surface area (Å²) in [7, 11) is -4.05. The number of anilines is 1. The van der Waals surface area contributed by atoms with Crippen molar-refractivity contribution >= 4 is 39.5 Å². The monoisotopic (exact) mass is 779 g/mol. The average molecular weight is 780 g/mol. The van der Waals surface area contributed by atoms with Gasteiger partial charge in [-0.2, -0.15) is 0 Å². The zero-order chi connectivity index (χ0) is 39.4. The summed E-state index contributed by atoms with van der Waals surface area (Å²) >= 11 is 0. The van der Waals surface area contributed by atoms with Gasteiger partial charge >= 0.3 is 12.5 Å². The standard InChI is InChI=1S/C36H41F4N5O8S/c1-5-22-16-35(22,32(48)43-54(50,51)34(4)12-13-34)42-30(46)28-15-25(52-33(49)44-17-21-8-6-11-27(37)26(21)19-44)18-45(28)31(47)29(20(2)3)41-23-9-7-10-24(14-23)53-36(38,39)40/h6-11,14,22,25,28-29,41H,2,5,12-13,15-19H2,1,3-4H3,(H,42,46)(H,43,48)/t22-,25-,28+,29+,35-/m1/s1. The Morgan fingerprint density at radius 3 is 2.41 bits per heavy atom. The Morgan fingerprint density at radius 1 is 1.09 bits per heavy atom. The van der Waals surface area contributed by atoms with Gasteiger partial charge in [0.15, 0.2) is 0 Å². The van der Waals surface area contributed by atoms with Gasteiger partial charge in [-0.15, -0.1) is 13.2 Å². The molecule has 2 aliphatic heterocycles. The molecule has 2 aromatic rings. The lowest BCUT2D eigenvalue weighted by Crippen LogP contribution is -2.58. The number of benzene rings is 2. The van der Waals surface area contributed by atoms with Crippen molar-refractivity contribution in [3.8, 4) is 5.75 Å². The number of hydrogen-bond donors (Lipinski definition) is 3. The Bertz CT molecular complexity index is 1990. The Balaban J connectivity index is 1.24. The quantitative estimate of drug-likeness (QED) is 0.208. The fourth-order valence-electron chi connectivity index (χ4n) is 7.01. The molecule has 0 radical (unpaired) electrons. The van der Waals surface area contributed by atoms with Crippen molar-refractivity contribution in [1.29, 1.82) is 0 Å². The summed E-state index contributed by atoms with van der Waals surface area (Å²) in [5.41, 5.74) is -0.354. The number of halogens is 4. The number of alkyl halides is 3. The van der Waals surface area contributed by atoms with Gasteiger partial charge in [0.05, 0.1) is 17.8 Å². The van der Waals surface area contributed by atoms with Crippen molar-refractivity contribution in [3.05, 3.63) is 71.6 Å². The van der Waals surface area contributed by atoms with Crippen LogP contribution in [0.1, 0.15) is 64.0 Å². The molecule has 2 saturated carbocycles. The SMILES string of the molecule is C=C(C)[C@H](Nc1cccc(OC(F)(F)F)c1)C(=O)N1C[C@H](OC(=O)N2Cc3cccc(F)c3C2)C[C@H]1C(=O)N[C@]1(C(=O)NS(=O)(=O)C2(C)CC2)C[C@H]1CC. The van der Waals surface area contributed by atoms with Gasteiger partial charge in [0, 0.05) is 30.3 Å². The largest absolute Gasteiger partial charge is 0.573 e. The van der Waals surface area contributed by atoms with Crippen LogP contribution in [0.25, 0.3) is 0 Å². The number of sulfonamides is 1. The van der Waals surface area contributed by atoms with Crippen LogP contribution in [-0.2, 0) is 42.2 Å². The third-order valence-corrected chi connectivity index (χ3v) is 12.8. The lowest BCUT2D eigenvalue weighted by atomic mass is 10.1. The van der Waals surface area contributed by atoms with Gasteiger partial charge in [-0.1, -0.05) is 38.1 Å². The minimum atomic E-state index is -4.97. The molecule has 2 aromatic carbocycles. The molecule has 18 heteroatoms. The minimum Gasteiger partial charge on any atom is -0.444 e. The Labute approximate surface area is 309 Å².